The summed E-state index contributed by atoms with van der Waals surface area (Å²) >= 11 is 0. The Balaban J connectivity index is 1.83. The van der Waals surface area contributed by atoms with Crippen molar-refractivity contribution >= 4 is 28.8 Å². The Bertz CT molecular complexity index is 1240. The molecule has 3 aromatic carbocycles. The number of anilines is 2. The number of nitrogens with zero attached hydrogens (tertiary/aromatic N) is 1. The molecule has 0 fully saturated rings. The minimum absolute atomic E-state index is 0.0313. The van der Waals surface area contributed by atoms with Crippen LogP contribution in [-0.2, 0) is 9.59 Å². The van der Waals surface area contributed by atoms with Crippen molar-refractivity contribution in [3.05, 3.63) is 95.2 Å². The number of aryl methyl sites for hydroxylation is 1. The van der Waals surface area contributed by atoms with Crippen molar-refractivity contribution in [2.45, 2.75) is 13.8 Å². The lowest BCUT2D eigenvalue weighted by Crippen LogP contribution is -2.32. The first-order valence-corrected chi connectivity index (χ1v) is 10.0. The lowest BCUT2D eigenvalue weighted by molar-refractivity contribution is -0.120. The van der Waals surface area contributed by atoms with Crippen molar-refractivity contribution in [1.82, 2.24) is 0 Å². The number of carbonyl (C=O) groups is 2. The minimum atomic E-state index is -1.07. The zero-order chi connectivity index (χ0) is 22.8. The fourth-order valence-corrected chi connectivity index (χ4v) is 3.49. The van der Waals surface area contributed by atoms with Gasteiger partial charge >= 0.3 is 0 Å². The van der Waals surface area contributed by atoms with Crippen LogP contribution < -0.4 is 15.0 Å². The molecule has 1 heterocycles. The summed E-state index contributed by atoms with van der Waals surface area (Å²) in [5.74, 6) is -2.86. The quantitative estimate of drug-likeness (QED) is 0.551. The number of imide groups is 1. The third-order valence-corrected chi connectivity index (χ3v) is 5.02. The highest BCUT2D eigenvalue weighted by Gasteiger charge is 2.41. The van der Waals surface area contributed by atoms with Crippen molar-refractivity contribution in [2.24, 2.45) is 0 Å². The Hall–Kier alpha value is -4.00. The second-order valence-electron chi connectivity index (χ2n) is 7.22. The van der Waals surface area contributed by atoms with Gasteiger partial charge in [-0.2, -0.15) is 0 Å². The smallest absolute Gasteiger partial charge is 0.282 e. The average molecular weight is 434 g/mol. The molecule has 162 valence electrons. The van der Waals surface area contributed by atoms with Gasteiger partial charge in [-0.05, 0) is 43.7 Å². The third-order valence-electron chi connectivity index (χ3n) is 5.02. The summed E-state index contributed by atoms with van der Waals surface area (Å²) < 4.78 is 32.7. The number of amides is 2. The molecule has 7 heteroatoms. The topological polar surface area (TPSA) is 58.6 Å². The van der Waals surface area contributed by atoms with Gasteiger partial charge in [0.15, 0.2) is 11.6 Å². The van der Waals surface area contributed by atoms with Crippen LogP contribution in [0.15, 0.2) is 72.4 Å². The van der Waals surface area contributed by atoms with Gasteiger partial charge in [0.1, 0.15) is 11.4 Å². The normalized spacial score (nSPS) is 13.7. The lowest BCUT2D eigenvalue weighted by Gasteiger charge is -2.19. The first-order chi connectivity index (χ1) is 15.4. The summed E-state index contributed by atoms with van der Waals surface area (Å²) in [5.41, 5.74) is 2.05. The fraction of sp³-hybridized carbons (Fsp3) is 0.120. The summed E-state index contributed by atoms with van der Waals surface area (Å²) in [7, 11) is 0. The Kier molecular flexibility index (Phi) is 5.73. The molecule has 3 aromatic rings. The molecule has 0 unspecified atom stereocenters. The van der Waals surface area contributed by atoms with E-state index in [1.165, 1.54) is 6.07 Å². The Morgan fingerprint density at radius 2 is 1.62 bits per heavy atom. The van der Waals surface area contributed by atoms with Gasteiger partial charge in [-0.25, -0.2) is 13.7 Å². The maximum atomic E-state index is 13.8. The molecule has 1 aliphatic rings. The van der Waals surface area contributed by atoms with Crippen LogP contribution in [0.5, 0.6) is 5.75 Å². The molecular weight excluding hydrogens is 414 g/mol. The predicted molar refractivity (Wildman–Crippen MR) is 118 cm³/mol. The summed E-state index contributed by atoms with van der Waals surface area (Å²) in [6, 6.07) is 17.0. The lowest BCUT2D eigenvalue weighted by atomic mass is 10.0. The number of rotatable bonds is 6. The SMILES string of the molecule is CCOc1ccccc1N1C(=O)C(Nc2ccc(F)c(F)c2)=C(c2ccc(C)cc2)C1=O. The van der Waals surface area contributed by atoms with E-state index in [2.05, 4.69) is 5.32 Å². The van der Waals surface area contributed by atoms with Crippen LogP contribution in [0.3, 0.4) is 0 Å². The zero-order valence-electron chi connectivity index (χ0n) is 17.5. The molecular formula is C25H20F2N2O3. The summed E-state index contributed by atoms with van der Waals surface area (Å²) in [6.07, 6.45) is 0. The summed E-state index contributed by atoms with van der Waals surface area (Å²) in [4.78, 5) is 28.0. The van der Waals surface area contributed by atoms with E-state index in [4.69, 9.17) is 4.74 Å². The van der Waals surface area contributed by atoms with Crippen molar-refractivity contribution in [1.29, 1.82) is 0 Å². The average Bonchev–Trinajstić information content (AvgIpc) is 3.01. The molecule has 0 bridgehead atoms. The van der Waals surface area contributed by atoms with Gasteiger partial charge in [0, 0.05) is 11.8 Å². The van der Waals surface area contributed by atoms with E-state index in [0.29, 0.717) is 23.6 Å². The second kappa shape index (κ2) is 8.63. The number of hydrogen-bond acceptors (Lipinski definition) is 4. The molecule has 0 spiro atoms. The maximum absolute atomic E-state index is 13.8. The van der Waals surface area contributed by atoms with Gasteiger partial charge in [0.25, 0.3) is 11.8 Å². The maximum Gasteiger partial charge on any atom is 0.282 e. The second-order valence-corrected chi connectivity index (χ2v) is 7.22. The summed E-state index contributed by atoms with van der Waals surface area (Å²) in [5, 5.41) is 2.82. The van der Waals surface area contributed by atoms with Crippen LogP contribution in [-0.4, -0.2) is 18.4 Å². The van der Waals surface area contributed by atoms with E-state index in [0.717, 1.165) is 22.6 Å². The van der Waals surface area contributed by atoms with Gasteiger partial charge in [0.05, 0.1) is 17.9 Å². The van der Waals surface area contributed by atoms with Crippen LogP contribution in [0, 0.1) is 18.6 Å². The third kappa shape index (κ3) is 3.85. The molecule has 2 amide bonds. The molecule has 0 aliphatic carbocycles. The standard InChI is InChI=1S/C25H20F2N2O3/c1-3-32-21-7-5-4-6-20(21)29-24(30)22(16-10-8-15(2)9-11-16)23(25(29)31)28-17-12-13-18(26)19(27)14-17/h4-14,28H,3H2,1-2H3. The van der Waals surface area contributed by atoms with Gasteiger partial charge in [-0.3, -0.25) is 9.59 Å². The van der Waals surface area contributed by atoms with Crippen LogP contribution in [0.1, 0.15) is 18.1 Å². The molecule has 1 N–H and O–H groups in total. The van der Waals surface area contributed by atoms with Crippen LogP contribution in [0.2, 0.25) is 0 Å². The van der Waals surface area contributed by atoms with E-state index >= 15 is 0 Å². The van der Waals surface area contributed by atoms with Crippen molar-refractivity contribution in [3.8, 4) is 5.75 Å². The highest BCUT2D eigenvalue weighted by atomic mass is 19.2. The van der Waals surface area contributed by atoms with E-state index in [-0.39, 0.29) is 17.0 Å². The molecule has 32 heavy (non-hydrogen) atoms. The molecule has 5 nitrogen and oxygen atoms in total. The number of halogens is 2. The van der Waals surface area contributed by atoms with Gasteiger partial charge in [-0.1, -0.05) is 42.0 Å². The molecule has 0 saturated carbocycles. The van der Waals surface area contributed by atoms with Gasteiger partial charge < -0.3 is 10.1 Å². The number of benzene rings is 3. The molecule has 0 radical (unpaired) electrons. The van der Waals surface area contributed by atoms with E-state index in [9.17, 15) is 18.4 Å². The van der Waals surface area contributed by atoms with Crippen molar-refractivity contribution in [2.75, 3.05) is 16.8 Å². The van der Waals surface area contributed by atoms with E-state index < -0.39 is 23.4 Å². The monoisotopic (exact) mass is 434 g/mol. The van der Waals surface area contributed by atoms with E-state index in [1.807, 2.05) is 19.1 Å². The van der Waals surface area contributed by atoms with Crippen LogP contribution in [0.25, 0.3) is 5.57 Å². The van der Waals surface area contributed by atoms with Crippen molar-refractivity contribution < 1.29 is 23.1 Å². The van der Waals surface area contributed by atoms with Crippen LogP contribution in [0.4, 0.5) is 20.2 Å². The highest BCUT2D eigenvalue weighted by molar-refractivity contribution is 6.46. The number of carbonyl (C=O) groups excluding carboxylic acids is 2. The zero-order valence-corrected chi connectivity index (χ0v) is 17.5. The van der Waals surface area contributed by atoms with Gasteiger partial charge in [-0.15, -0.1) is 0 Å². The first kappa shape index (κ1) is 21.2. The first-order valence-electron chi connectivity index (χ1n) is 10.0. The number of para-hydroxylation sites is 2. The molecule has 0 saturated heterocycles. The molecule has 4 rings (SSSR count). The Morgan fingerprint density at radius 3 is 2.31 bits per heavy atom. The van der Waals surface area contributed by atoms with Gasteiger partial charge in [0.2, 0.25) is 0 Å². The van der Waals surface area contributed by atoms with Crippen molar-refractivity contribution in [3.63, 3.8) is 0 Å². The Labute approximate surface area is 183 Å². The largest absolute Gasteiger partial charge is 0.492 e. The predicted octanol–water partition coefficient (Wildman–Crippen LogP) is 5.07. The fourth-order valence-electron chi connectivity index (χ4n) is 3.49. The molecule has 0 atom stereocenters. The molecule has 1 aliphatic heterocycles. The minimum Gasteiger partial charge on any atom is -0.492 e. The number of ether oxygens (including phenoxy) is 1. The summed E-state index contributed by atoms with van der Waals surface area (Å²) in [6.45, 7) is 4.06. The molecule has 0 aromatic heterocycles. The highest BCUT2D eigenvalue weighted by Crippen LogP contribution is 2.38. The van der Waals surface area contributed by atoms with E-state index in [1.54, 1.807) is 43.3 Å². The number of hydrogen-bond donors (Lipinski definition) is 1. The van der Waals surface area contributed by atoms with Crippen LogP contribution >= 0.6 is 0 Å². The number of nitrogens with one attached hydrogen (secondary N) is 1. The Morgan fingerprint density at radius 1 is 0.906 bits per heavy atom.